The minimum Gasteiger partial charge on any atom is -0.493 e. The van der Waals surface area contributed by atoms with E-state index < -0.39 is 9.84 Å². The summed E-state index contributed by atoms with van der Waals surface area (Å²) < 4.78 is 34.5. The maximum absolute atomic E-state index is 11.6. The molecule has 0 spiro atoms. The van der Waals surface area contributed by atoms with Crippen LogP contribution in [0.2, 0.25) is 0 Å². The van der Waals surface area contributed by atoms with Crippen LogP contribution in [-0.4, -0.2) is 82.3 Å². The van der Waals surface area contributed by atoms with E-state index in [2.05, 4.69) is 15.9 Å². The molecule has 1 aromatic carbocycles. The quantitative estimate of drug-likeness (QED) is 0.670. The van der Waals surface area contributed by atoms with Crippen molar-refractivity contribution in [1.82, 2.24) is 9.80 Å². The molecular formula is C18H28N2O4S. The summed E-state index contributed by atoms with van der Waals surface area (Å²) in [6, 6.07) is 8.07. The Morgan fingerprint density at radius 1 is 1.00 bits per heavy atom. The number of hydrogen-bond donors (Lipinski definition) is 0. The van der Waals surface area contributed by atoms with Crippen LogP contribution in [0.25, 0.3) is 0 Å². The van der Waals surface area contributed by atoms with Gasteiger partial charge in [-0.3, -0.25) is 9.80 Å². The lowest BCUT2D eigenvalue weighted by Gasteiger charge is -2.27. The molecule has 7 heteroatoms. The molecule has 2 aliphatic heterocycles. The highest BCUT2D eigenvalue weighted by Gasteiger charge is 2.22. The minimum absolute atomic E-state index is 0.259. The lowest BCUT2D eigenvalue weighted by atomic mass is 10.2. The first-order valence-electron chi connectivity index (χ1n) is 9.06. The van der Waals surface area contributed by atoms with E-state index >= 15 is 0 Å². The first-order valence-corrected chi connectivity index (χ1v) is 10.9. The zero-order valence-electron chi connectivity index (χ0n) is 14.7. The minimum atomic E-state index is -2.83. The van der Waals surface area contributed by atoms with Crippen molar-refractivity contribution in [3.8, 4) is 5.75 Å². The molecule has 0 atom stereocenters. The smallest absolute Gasteiger partial charge is 0.152 e. The number of rotatable bonds is 7. The van der Waals surface area contributed by atoms with Gasteiger partial charge in [0.05, 0.1) is 31.3 Å². The average Bonchev–Trinajstić information content (AvgIpc) is 2.63. The highest BCUT2D eigenvalue weighted by Crippen LogP contribution is 2.21. The van der Waals surface area contributed by atoms with Crippen molar-refractivity contribution in [1.29, 1.82) is 0 Å². The van der Waals surface area contributed by atoms with Gasteiger partial charge in [0.1, 0.15) is 5.75 Å². The van der Waals surface area contributed by atoms with Crippen LogP contribution in [-0.2, 0) is 21.1 Å². The largest absolute Gasteiger partial charge is 0.493 e. The molecule has 0 bridgehead atoms. The zero-order valence-corrected chi connectivity index (χ0v) is 15.5. The molecule has 3 rings (SSSR count). The van der Waals surface area contributed by atoms with Gasteiger partial charge in [-0.1, -0.05) is 18.2 Å². The van der Waals surface area contributed by atoms with Crippen molar-refractivity contribution < 1.29 is 17.9 Å². The lowest BCUT2D eigenvalue weighted by molar-refractivity contribution is 0.0357. The molecule has 0 aromatic heterocycles. The molecule has 0 radical (unpaired) electrons. The van der Waals surface area contributed by atoms with Gasteiger partial charge in [-0.25, -0.2) is 8.42 Å². The van der Waals surface area contributed by atoms with Gasteiger partial charge < -0.3 is 9.47 Å². The summed E-state index contributed by atoms with van der Waals surface area (Å²) in [6.45, 7) is 7.36. The van der Waals surface area contributed by atoms with Crippen LogP contribution >= 0.6 is 0 Å². The number of benzene rings is 1. The molecule has 2 saturated heterocycles. The van der Waals surface area contributed by atoms with E-state index in [9.17, 15) is 8.42 Å². The van der Waals surface area contributed by atoms with Gasteiger partial charge in [0.2, 0.25) is 0 Å². The van der Waals surface area contributed by atoms with Gasteiger partial charge >= 0.3 is 0 Å². The monoisotopic (exact) mass is 368 g/mol. The summed E-state index contributed by atoms with van der Waals surface area (Å²) in [7, 11) is -2.83. The van der Waals surface area contributed by atoms with Crippen LogP contribution in [0.3, 0.4) is 0 Å². The third-order valence-corrected chi connectivity index (χ3v) is 6.39. The summed E-state index contributed by atoms with van der Waals surface area (Å²) in [6.07, 6.45) is 0.996. The molecule has 2 aliphatic rings. The fraction of sp³-hybridized carbons (Fsp3) is 0.667. The van der Waals surface area contributed by atoms with Crippen LogP contribution < -0.4 is 4.74 Å². The molecule has 1 aromatic rings. The number of morpholine rings is 1. The van der Waals surface area contributed by atoms with Crippen LogP contribution in [0.15, 0.2) is 24.3 Å². The summed E-state index contributed by atoms with van der Waals surface area (Å²) in [5, 5.41) is 0. The van der Waals surface area contributed by atoms with E-state index in [1.807, 2.05) is 18.2 Å². The Morgan fingerprint density at radius 3 is 2.48 bits per heavy atom. The topological polar surface area (TPSA) is 59.1 Å². The number of sulfone groups is 1. The Balaban J connectivity index is 1.45. The highest BCUT2D eigenvalue weighted by molar-refractivity contribution is 7.91. The molecule has 2 fully saturated rings. The number of nitrogens with zero attached hydrogens (tertiary/aromatic N) is 2. The molecule has 0 aliphatic carbocycles. The zero-order chi connectivity index (χ0) is 17.5. The van der Waals surface area contributed by atoms with Gasteiger partial charge in [0, 0.05) is 44.8 Å². The summed E-state index contributed by atoms with van der Waals surface area (Å²) in [5.41, 5.74) is 1.13. The van der Waals surface area contributed by atoms with Gasteiger partial charge in [-0.2, -0.15) is 0 Å². The van der Waals surface area contributed by atoms with E-state index in [4.69, 9.17) is 9.47 Å². The third-order valence-electron chi connectivity index (χ3n) is 4.78. The van der Waals surface area contributed by atoms with Gasteiger partial charge in [-0.05, 0) is 12.5 Å². The van der Waals surface area contributed by atoms with Gasteiger partial charge in [0.25, 0.3) is 0 Å². The van der Waals surface area contributed by atoms with Crippen LogP contribution in [0.5, 0.6) is 5.75 Å². The molecule has 0 amide bonds. The predicted octanol–water partition coefficient (Wildman–Crippen LogP) is 1.02. The van der Waals surface area contributed by atoms with E-state index in [-0.39, 0.29) is 11.5 Å². The van der Waals surface area contributed by atoms with Crippen molar-refractivity contribution in [2.45, 2.75) is 13.0 Å². The number of ether oxygens (including phenoxy) is 2. The average molecular weight is 368 g/mol. The number of hydrogen-bond acceptors (Lipinski definition) is 6. The summed E-state index contributed by atoms with van der Waals surface area (Å²) in [4.78, 5) is 4.60. The molecule has 140 valence electrons. The Bertz CT molecular complexity index is 630. The Labute approximate surface area is 150 Å². The second kappa shape index (κ2) is 8.98. The molecule has 0 N–H and O–H groups in total. The molecule has 0 unspecified atom stereocenters. The number of para-hydroxylation sites is 1. The molecule has 2 heterocycles. The summed E-state index contributed by atoms with van der Waals surface area (Å²) >= 11 is 0. The molecule has 25 heavy (non-hydrogen) atoms. The van der Waals surface area contributed by atoms with E-state index in [1.165, 1.54) is 0 Å². The normalized spacial score (nSPS) is 21.9. The molecule has 0 saturated carbocycles. The van der Waals surface area contributed by atoms with E-state index in [0.717, 1.165) is 57.1 Å². The SMILES string of the molecule is O=S1(=O)CCN(Cc2ccccc2OCCCN2CCOCC2)CC1. The second-order valence-corrected chi connectivity index (χ2v) is 9.00. The second-order valence-electron chi connectivity index (χ2n) is 6.69. The predicted molar refractivity (Wildman–Crippen MR) is 97.7 cm³/mol. The van der Waals surface area contributed by atoms with Crippen molar-refractivity contribution in [2.24, 2.45) is 0 Å². The third kappa shape index (κ3) is 5.95. The van der Waals surface area contributed by atoms with Crippen molar-refractivity contribution in [2.75, 3.05) is 64.1 Å². The Hall–Kier alpha value is -1.15. The van der Waals surface area contributed by atoms with Crippen LogP contribution in [0.1, 0.15) is 12.0 Å². The summed E-state index contributed by atoms with van der Waals surface area (Å²) in [5.74, 6) is 1.43. The first kappa shape index (κ1) is 18.6. The highest BCUT2D eigenvalue weighted by atomic mass is 32.2. The fourth-order valence-corrected chi connectivity index (χ4v) is 4.50. The Morgan fingerprint density at radius 2 is 1.72 bits per heavy atom. The molecular weight excluding hydrogens is 340 g/mol. The lowest BCUT2D eigenvalue weighted by Crippen LogP contribution is -2.39. The van der Waals surface area contributed by atoms with Crippen molar-refractivity contribution in [3.05, 3.63) is 29.8 Å². The maximum atomic E-state index is 11.6. The van der Waals surface area contributed by atoms with Crippen molar-refractivity contribution in [3.63, 3.8) is 0 Å². The van der Waals surface area contributed by atoms with Gasteiger partial charge in [-0.15, -0.1) is 0 Å². The van der Waals surface area contributed by atoms with Gasteiger partial charge in [0.15, 0.2) is 9.84 Å². The Kier molecular flexibility index (Phi) is 6.70. The van der Waals surface area contributed by atoms with Crippen LogP contribution in [0, 0.1) is 0 Å². The van der Waals surface area contributed by atoms with E-state index in [1.54, 1.807) is 0 Å². The van der Waals surface area contributed by atoms with Crippen molar-refractivity contribution >= 4 is 9.84 Å². The maximum Gasteiger partial charge on any atom is 0.152 e. The van der Waals surface area contributed by atoms with Crippen LogP contribution in [0.4, 0.5) is 0 Å². The first-order chi connectivity index (χ1) is 12.1. The fourth-order valence-electron chi connectivity index (χ4n) is 3.22. The van der Waals surface area contributed by atoms with E-state index in [0.29, 0.717) is 19.7 Å². The standard InChI is InChI=1S/C18H28N2O4S/c21-25(22)14-9-20(10-15-25)16-17-4-1-2-5-18(17)24-11-3-6-19-7-12-23-13-8-19/h1-2,4-5H,3,6-16H2. The molecule has 6 nitrogen and oxygen atoms in total.